The second-order valence-corrected chi connectivity index (χ2v) is 9.32. The second kappa shape index (κ2) is 7.49. The van der Waals surface area contributed by atoms with Crippen molar-refractivity contribution in [3.8, 4) is 10.8 Å². The van der Waals surface area contributed by atoms with E-state index in [1.54, 1.807) is 0 Å². The molecule has 1 aliphatic rings. The highest BCUT2D eigenvalue weighted by Crippen LogP contribution is 2.32. The SMILES string of the molecule is Cc1sc(-c2nc(C3CNCCN3C)no2)cc1CS(C)(=O)=O.Cl. The van der Waals surface area contributed by atoms with Crippen LogP contribution in [0.2, 0.25) is 0 Å². The number of aromatic nitrogens is 2. The first-order valence-corrected chi connectivity index (χ1v) is 10.2. The van der Waals surface area contributed by atoms with Gasteiger partial charge in [-0.2, -0.15) is 4.98 Å². The molecule has 134 valence electrons. The summed E-state index contributed by atoms with van der Waals surface area (Å²) in [5, 5.41) is 7.43. The van der Waals surface area contributed by atoms with E-state index < -0.39 is 9.84 Å². The van der Waals surface area contributed by atoms with E-state index >= 15 is 0 Å². The highest BCUT2D eigenvalue weighted by Gasteiger charge is 2.26. The Morgan fingerprint density at radius 1 is 1.50 bits per heavy atom. The number of hydrogen-bond donors (Lipinski definition) is 1. The minimum absolute atomic E-state index is 0. The molecule has 0 spiro atoms. The molecule has 1 unspecified atom stereocenters. The normalized spacial score (nSPS) is 19.2. The highest BCUT2D eigenvalue weighted by molar-refractivity contribution is 7.89. The van der Waals surface area contributed by atoms with Crippen LogP contribution in [-0.2, 0) is 15.6 Å². The maximum absolute atomic E-state index is 11.5. The van der Waals surface area contributed by atoms with E-state index in [4.69, 9.17) is 4.52 Å². The van der Waals surface area contributed by atoms with Crippen molar-refractivity contribution in [2.24, 2.45) is 0 Å². The maximum Gasteiger partial charge on any atom is 0.268 e. The van der Waals surface area contributed by atoms with Crippen molar-refractivity contribution >= 4 is 33.6 Å². The Labute approximate surface area is 151 Å². The number of likely N-dealkylation sites (N-methyl/N-ethyl adjacent to an activating group) is 1. The van der Waals surface area contributed by atoms with E-state index in [1.807, 2.05) is 20.0 Å². The summed E-state index contributed by atoms with van der Waals surface area (Å²) < 4.78 is 28.4. The molecule has 0 bridgehead atoms. The molecule has 0 amide bonds. The predicted octanol–water partition coefficient (Wildman–Crippen LogP) is 1.65. The van der Waals surface area contributed by atoms with Crippen molar-refractivity contribution in [3.05, 3.63) is 22.3 Å². The molecule has 1 atom stereocenters. The molecule has 10 heteroatoms. The monoisotopic (exact) mass is 392 g/mol. The van der Waals surface area contributed by atoms with Crippen LogP contribution < -0.4 is 5.32 Å². The van der Waals surface area contributed by atoms with Crippen molar-refractivity contribution in [1.29, 1.82) is 0 Å². The molecule has 1 aliphatic heterocycles. The topological polar surface area (TPSA) is 88.3 Å². The van der Waals surface area contributed by atoms with Crippen molar-refractivity contribution in [3.63, 3.8) is 0 Å². The van der Waals surface area contributed by atoms with Gasteiger partial charge in [0.05, 0.1) is 16.7 Å². The number of hydrogen-bond acceptors (Lipinski definition) is 8. The molecule has 24 heavy (non-hydrogen) atoms. The van der Waals surface area contributed by atoms with Crippen LogP contribution in [0.1, 0.15) is 22.3 Å². The van der Waals surface area contributed by atoms with E-state index in [9.17, 15) is 8.42 Å². The van der Waals surface area contributed by atoms with Gasteiger partial charge in [0, 0.05) is 30.8 Å². The molecule has 3 rings (SSSR count). The quantitative estimate of drug-likeness (QED) is 0.846. The third-order valence-corrected chi connectivity index (χ3v) is 5.82. The third-order valence-electron chi connectivity index (χ3n) is 3.90. The summed E-state index contributed by atoms with van der Waals surface area (Å²) in [5.41, 5.74) is 0.795. The largest absolute Gasteiger partial charge is 0.333 e. The molecule has 7 nitrogen and oxygen atoms in total. The summed E-state index contributed by atoms with van der Waals surface area (Å²) in [6, 6.07) is 1.93. The number of nitrogens with zero attached hydrogens (tertiary/aromatic N) is 3. The Morgan fingerprint density at radius 2 is 2.25 bits per heavy atom. The molecule has 0 aliphatic carbocycles. The van der Waals surface area contributed by atoms with Gasteiger partial charge in [0.25, 0.3) is 5.89 Å². The fourth-order valence-electron chi connectivity index (χ4n) is 2.62. The molecule has 0 saturated carbocycles. The van der Waals surface area contributed by atoms with Crippen molar-refractivity contribution < 1.29 is 12.9 Å². The van der Waals surface area contributed by atoms with Crippen LogP contribution >= 0.6 is 23.7 Å². The lowest BCUT2D eigenvalue weighted by Crippen LogP contribution is -2.44. The van der Waals surface area contributed by atoms with Gasteiger partial charge in [-0.15, -0.1) is 23.7 Å². The lowest BCUT2D eigenvalue weighted by atomic mass is 10.2. The zero-order chi connectivity index (χ0) is 16.6. The van der Waals surface area contributed by atoms with Gasteiger partial charge in [-0.1, -0.05) is 5.16 Å². The molecular weight excluding hydrogens is 372 g/mol. The lowest BCUT2D eigenvalue weighted by molar-refractivity contribution is 0.190. The summed E-state index contributed by atoms with van der Waals surface area (Å²) in [6.07, 6.45) is 1.24. The van der Waals surface area contributed by atoms with E-state index in [-0.39, 0.29) is 24.2 Å². The molecule has 0 radical (unpaired) electrons. The number of sulfone groups is 1. The predicted molar refractivity (Wildman–Crippen MR) is 96.4 cm³/mol. The van der Waals surface area contributed by atoms with Gasteiger partial charge in [-0.3, -0.25) is 4.90 Å². The van der Waals surface area contributed by atoms with Gasteiger partial charge in [0.2, 0.25) is 0 Å². The van der Waals surface area contributed by atoms with Crippen LogP contribution in [0, 0.1) is 6.92 Å². The van der Waals surface area contributed by atoms with Crippen molar-refractivity contribution in [2.45, 2.75) is 18.7 Å². The summed E-state index contributed by atoms with van der Waals surface area (Å²) in [4.78, 5) is 8.47. The fourth-order valence-corrected chi connectivity index (χ4v) is 4.54. The van der Waals surface area contributed by atoms with Crippen LogP contribution in [0.5, 0.6) is 0 Å². The highest BCUT2D eigenvalue weighted by atomic mass is 35.5. The van der Waals surface area contributed by atoms with E-state index in [0.717, 1.165) is 35.0 Å². The Balaban J connectivity index is 0.00000208. The Morgan fingerprint density at radius 3 is 2.92 bits per heavy atom. The Bertz CT molecular complexity index is 803. The fraction of sp³-hybridized carbons (Fsp3) is 0.571. The minimum atomic E-state index is -3.06. The summed E-state index contributed by atoms with van der Waals surface area (Å²) in [6.45, 7) is 4.59. The first kappa shape index (κ1) is 19.3. The number of nitrogens with one attached hydrogen (secondary N) is 1. The molecule has 1 fully saturated rings. The van der Waals surface area contributed by atoms with Crippen LogP contribution in [-0.4, -0.2) is 56.4 Å². The van der Waals surface area contributed by atoms with Gasteiger partial charge in [0.1, 0.15) is 0 Å². The first-order valence-electron chi connectivity index (χ1n) is 7.35. The summed E-state index contributed by atoms with van der Waals surface area (Å²) in [7, 11) is -1.02. The Hall–Kier alpha value is -1.000. The molecule has 2 aromatic heterocycles. The zero-order valence-electron chi connectivity index (χ0n) is 13.8. The van der Waals surface area contributed by atoms with Gasteiger partial charge in [-0.05, 0) is 25.6 Å². The lowest BCUT2D eigenvalue weighted by Gasteiger charge is -2.30. The molecule has 1 saturated heterocycles. The van der Waals surface area contributed by atoms with Crippen LogP contribution in [0.3, 0.4) is 0 Å². The number of piperazine rings is 1. The van der Waals surface area contributed by atoms with Crippen LogP contribution in [0.4, 0.5) is 0 Å². The van der Waals surface area contributed by atoms with E-state index in [2.05, 4.69) is 20.4 Å². The second-order valence-electron chi connectivity index (χ2n) is 5.92. The Kier molecular flexibility index (Phi) is 6.03. The van der Waals surface area contributed by atoms with E-state index in [1.165, 1.54) is 17.6 Å². The molecular formula is C14H21ClN4O3S2. The van der Waals surface area contributed by atoms with Crippen molar-refractivity contribution in [1.82, 2.24) is 20.4 Å². The maximum atomic E-state index is 11.5. The number of aryl methyl sites for hydroxylation is 1. The first-order chi connectivity index (χ1) is 10.8. The smallest absolute Gasteiger partial charge is 0.268 e. The summed E-state index contributed by atoms with van der Waals surface area (Å²) in [5.74, 6) is 1.14. The van der Waals surface area contributed by atoms with Crippen LogP contribution in [0.25, 0.3) is 10.8 Å². The van der Waals surface area contributed by atoms with Gasteiger partial charge >= 0.3 is 0 Å². The minimum Gasteiger partial charge on any atom is -0.333 e. The molecule has 1 N–H and O–H groups in total. The number of thiophene rings is 1. The number of rotatable bonds is 4. The summed E-state index contributed by atoms with van der Waals surface area (Å²) >= 11 is 1.48. The van der Waals surface area contributed by atoms with Gasteiger partial charge in [0.15, 0.2) is 15.7 Å². The van der Waals surface area contributed by atoms with Gasteiger partial charge in [-0.25, -0.2) is 8.42 Å². The number of halogens is 1. The average molecular weight is 393 g/mol. The molecule has 2 aromatic rings. The molecule has 0 aromatic carbocycles. The standard InChI is InChI=1S/C14H20N4O3S2.ClH/c1-9-10(8-23(3,19)20)6-12(22-9)14-16-13(17-21-14)11-7-15-4-5-18(11)2;/h6,11,15H,4-5,7-8H2,1-3H3;1H. The van der Waals surface area contributed by atoms with Gasteiger partial charge < -0.3 is 9.84 Å². The van der Waals surface area contributed by atoms with E-state index in [0.29, 0.717) is 11.7 Å². The molecule has 3 heterocycles. The average Bonchev–Trinajstić information content (AvgIpc) is 3.06. The van der Waals surface area contributed by atoms with Crippen molar-refractivity contribution in [2.75, 3.05) is 32.9 Å². The van der Waals surface area contributed by atoms with Crippen LogP contribution in [0.15, 0.2) is 10.6 Å². The third kappa shape index (κ3) is 4.34. The zero-order valence-corrected chi connectivity index (χ0v) is 16.2.